The number of ketones is 1. The standard InChI is InChI=1S/C23H24N2O3S/c1-18(26)19-9-11-22(12-10-19)29(27,28)25-15-13-24(14-16-25)17-21-7-4-6-20-5-2-3-8-23(20)21/h2-12H,13-17H2,1H3. The van der Waals surface area contributed by atoms with Gasteiger partial charge in [-0.15, -0.1) is 0 Å². The molecule has 1 aliphatic rings. The third-order valence-electron chi connectivity index (χ3n) is 5.50. The summed E-state index contributed by atoms with van der Waals surface area (Å²) < 4.78 is 27.4. The van der Waals surface area contributed by atoms with Gasteiger partial charge in [-0.1, -0.05) is 54.6 Å². The lowest BCUT2D eigenvalue weighted by Crippen LogP contribution is -2.48. The van der Waals surface area contributed by atoms with Crippen molar-refractivity contribution >= 4 is 26.6 Å². The van der Waals surface area contributed by atoms with Crippen molar-refractivity contribution in [1.82, 2.24) is 9.21 Å². The van der Waals surface area contributed by atoms with E-state index in [-0.39, 0.29) is 10.7 Å². The number of Topliss-reactive ketones (excluding diaryl/α,β-unsaturated/α-hetero) is 1. The monoisotopic (exact) mass is 408 g/mol. The van der Waals surface area contributed by atoms with Gasteiger partial charge in [0.1, 0.15) is 0 Å². The van der Waals surface area contributed by atoms with Crippen LogP contribution in [-0.2, 0) is 16.6 Å². The lowest BCUT2D eigenvalue weighted by molar-refractivity contribution is 0.101. The maximum atomic E-state index is 12.9. The molecular weight excluding hydrogens is 384 g/mol. The molecule has 1 heterocycles. The summed E-state index contributed by atoms with van der Waals surface area (Å²) in [6.07, 6.45) is 0. The number of fused-ring (bicyclic) bond motifs is 1. The van der Waals surface area contributed by atoms with E-state index in [0.717, 1.165) is 6.54 Å². The van der Waals surface area contributed by atoms with E-state index in [4.69, 9.17) is 0 Å². The maximum Gasteiger partial charge on any atom is 0.243 e. The van der Waals surface area contributed by atoms with Gasteiger partial charge in [-0.25, -0.2) is 8.42 Å². The third-order valence-corrected chi connectivity index (χ3v) is 7.42. The second-order valence-electron chi connectivity index (χ2n) is 7.40. The van der Waals surface area contributed by atoms with Crippen LogP contribution in [0.1, 0.15) is 22.8 Å². The predicted molar refractivity (Wildman–Crippen MR) is 114 cm³/mol. The molecule has 0 atom stereocenters. The maximum absolute atomic E-state index is 12.9. The molecule has 5 nitrogen and oxygen atoms in total. The summed E-state index contributed by atoms with van der Waals surface area (Å²) >= 11 is 0. The number of piperazine rings is 1. The first-order chi connectivity index (χ1) is 13.9. The van der Waals surface area contributed by atoms with Gasteiger partial charge in [0.25, 0.3) is 0 Å². The van der Waals surface area contributed by atoms with E-state index >= 15 is 0 Å². The van der Waals surface area contributed by atoms with Crippen molar-refractivity contribution < 1.29 is 13.2 Å². The van der Waals surface area contributed by atoms with Crippen LogP contribution in [0.25, 0.3) is 10.8 Å². The zero-order valence-corrected chi connectivity index (χ0v) is 17.2. The van der Waals surface area contributed by atoms with Crippen molar-refractivity contribution in [2.45, 2.75) is 18.4 Å². The van der Waals surface area contributed by atoms with Crippen LogP contribution in [0.2, 0.25) is 0 Å². The number of hydrogen-bond acceptors (Lipinski definition) is 4. The van der Waals surface area contributed by atoms with Crippen molar-refractivity contribution in [1.29, 1.82) is 0 Å². The van der Waals surface area contributed by atoms with Crippen LogP contribution in [0.5, 0.6) is 0 Å². The minimum atomic E-state index is -3.54. The molecule has 0 saturated carbocycles. The van der Waals surface area contributed by atoms with Crippen LogP contribution in [0.4, 0.5) is 0 Å². The summed E-state index contributed by atoms with van der Waals surface area (Å²) in [5.74, 6) is -0.0731. The molecule has 3 aromatic rings. The molecule has 4 rings (SSSR count). The molecule has 1 aliphatic heterocycles. The molecule has 0 aromatic heterocycles. The van der Waals surface area contributed by atoms with Crippen molar-refractivity contribution in [2.75, 3.05) is 26.2 Å². The molecule has 0 bridgehead atoms. The fourth-order valence-corrected chi connectivity index (χ4v) is 5.23. The highest BCUT2D eigenvalue weighted by atomic mass is 32.2. The summed E-state index contributed by atoms with van der Waals surface area (Å²) in [5.41, 5.74) is 1.78. The van der Waals surface area contributed by atoms with Gasteiger partial charge in [-0.05, 0) is 35.4 Å². The Hall–Kier alpha value is -2.54. The number of hydrogen-bond donors (Lipinski definition) is 0. The molecule has 1 fully saturated rings. The minimum absolute atomic E-state index is 0.0731. The second kappa shape index (κ2) is 8.06. The largest absolute Gasteiger partial charge is 0.296 e. The summed E-state index contributed by atoms with van der Waals surface area (Å²) in [7, 11) is -3.54. The second-order valence-corrected chi connectivity index (χ2v) is 9.34. The molecule has 0 radical (unpaired) electrons. The lowest BCUT2D eigenvalue weighted by Gasteiger charge is -2.34. The number of nitrogens with zero attached hydrogens (tertiary/aromatic N) is 2. The molecule has 3 aromatic carbocycles. The fraction of sp³-hybridized carbons (Fsp3) is 0.261. The van der Waals surface area contributed by atoms with E-state index in [1.807, 2.05) is 12.1 Å². The van der Waals surface area contributed by atoms with Crippen LogP contribution >= 0.6 is 0 Å². The summed E-state index contributed by atoms with van der Waals surface area (Å²) in [6, 6.07) is 20.9. The Bertz CT molecular complexity index is 1130. The van der Waals surface area contributed by atoms with Crippen LogP contribution in [0, 0.1) is 0 Å². The number of benzene rings is 3. The highest BCUT2D eigenvalue weighted by Crippen LogP contribution is 2.22. The van der Waals surface area contributed by atoms with Gasteiger partial charge >= 0.3 is 0 Å². The van der Waals surface area contributed by atoms with Gasteiger partial charge in [-0.3, -0.25) is 9.69 Å². The van der Waals surface area contributed by atoms with Crippen LogP contribution in [0.3, 0.4) is 0 Å². The molecular formula is C23H24N2O3S. The van der Waals surface area contributed by atoms with Crippen molar-refractivity contribution in [3.8, 4) is 0 Å². The first-order valence-electron chi connectivity index (χ1n) is 9.75. The summed E-state index contributed by atoms with van der Waals surface area (Å²) in [5, 5.41) is 2.47. The third kappa shape index (κ3) is 4.10. The topological polar surface area (TPSA) is 57.7 Å². The Balaban J connectivity index is 1.44. The molecule has 0 amide bonds. The quantitative estimate of drug-likeness (QED) is 0.606. The number of rotatable bonds is 5. The van der Waals surface area contributed by atoms with E-state index in [9.17, 15) is 13.2 Å². The van der Waals surface area contributed by atoms with Gasteiger partial charge < -0.3 is 0 Å². The molecule has 1 saturated heterocycles. The van der Waals surface area contributed by atoms with E-state index in [1.54, 1.807) is 12.1 Å². The molecule has 0 spiro atoms. The van der Waals surface area contributed by atoms with Gasteiger partial charge in [0.15, 0.2) is 5.78 Å². The average molecular weight is 409 g/mol. The lowest BCUT2D eigenvalue weighted by atomic mass is 10.0. The molecule has 29 heavy (non-hydrogen) atoms. The number of sulfonamides is 1. The van der Waals surface area contributed by atoms with Gasteiger partial charge in [0.05, 0.1) is 4.90 Å². The van der Waals surface area contributed by atoms with E-state index in [2.05, 4.69) is 35.2 Å². The Labute approximate surface area is 171 Å². The summed E-state index contributed by atoms with van der Waals surface area (Å²) in [6.45, 7) is 4.58. The SMILES string of the molecule is CC(=O)c1ccc(S(=O)(=O)N2CCN(Cc3cccc4ccccc34)CC2)cc1. The first-order valence-corrected chi connectivity index (χ1v) is 11.2. The van der Waals surface area contributed by atoms with Crippen molar-refractivity contribution in [3.63, 3.8) is 0 Å². The normalized spacial score (nSPS) is 16.2. The predicted octanol–water partition coefficient (Wildman–Crippen LogP) is 3.55. The summed E-state index contributed by atoms with van der Waals surface area (Å²) in [4.78, 5) is 13.9. The van der Waals surface area contributed by atoms with Gasteiger partial charge in [0.2, 0.25) is 10.0 Å². The van der Waals surface area contributed by atoms with Crippen molar-refractivity contribution in [2.24, 2.45) is 0 Å². The number of carbonyl (C=O) groups is 1. The Morgan fingerprint density at radius 3 is 2.21 bits per heavy atom. The Morgan fingerprint density at radius 1 is 0.862 bits per heavy atom. The smallest absolute Gasteiger partial charge is 0.243 e. The molecule has 6 heteroatoms. The van der Waals surface area contributed by atoms with E-state index < -0.39 is 10.0 Å². The van der Waals surface area contributed by atoms with Crippen LogP contribution < -0.4 is 0 Å². The highest BCUT2D eigenvalue weighted by molar-refractivity contribution is 7.89. The zero-order chi connectivity index (χ0) is 20.4. The molecule has 0 aliphatic carbocycles. The first kappa shape index (κ1) is 19.8. The zero-order valence-electron chi connectivity index (χ0n) is 16.4. The van der Waals surface area contributed by atoms with E-state index in [0.29, 0.717) is 31.7 Å². The minimum Gasteiger partial charge on any atom is -0.296 e. The highest BCUT2D eigenvalue weighted by Gasteiger charge is 2.28. The van der Waals surface area contributed by atoms with Crippen molar-refractivity contribution in [3.05, 3.63) is 77.9 Å². The van der Waals surface area contributed by atoms with Crippen LogP contribution in [0.15, 0.2) is 71.6 Å². The number of carbonyl (C=O) groups excluding carboxylic acids is 1. The van der Waals surface area contributed by atoms with Gasteiger partial charge in [-0.2, -0.15) is 4.31 Å². The Kier molecular flexibility index (Phi) is 5.50. The Morgan fingerprint density at radius 2 is 1.52 bits per heavy atom. The molecule has 0 N–H and O–H groups in total. The van der Waals surface area contributed by atoms with Gasteiger partial charge in [0, 0.05) is 38.3 Å². The van der Waals surface area contributed by atoms with E-state index in [1.165, 1.54) is 39.7 Å². The molecule has 0 unspecified atom stereocenters. The van der Waals surface area contributed by atoms with Crippen LogP contribution in [-0.4, -0.2) is 49.6 Å². The average Bonchev–Trinajstić information content (AvgIpc) is 2.74. The molecule has 150 valence electrons. The fourth-order valence-electron chi connectivity index (χ4n) is 3.81.